The number of methoxy groups -OCH3 is 1. The Morgan fingerprint density at radius 2 is 2.20 bits per heavy atom. The van der Waals surface area contributed by atoms with E-state index in [1.54, 1.807) is 19.1 Å². The average Bonchev–Trinajstić information content (AvgIpc) is 2.81. The summed E-state index contributed by atoms with van der Waals surface area (Å²) in [6.45, 7) is 1.76. The van der Waals surface area contributed by atoms with Crippen LogP contribution in [0.5, 0.6) is 5.75 Å². The lowest BCUT2D eigenvalue weighted by Crippen LogP contribution is -2.24. The number of esters is 1. The van der Waals surface area contributed by atoms with Gasteiger partial charge in [-0.1, -0.05) is 22.9 Å². The van der Waals surface area contributed by atoms with Crippen molar-refractivity contribution in [2.75, 3.05) is 19.0 Å². The Morgan fingerprint density at radius 1 is 1.45 bits per heavy atom. The number of nitrogens with one attached hydrogen (secondary N) is 1. The molecule has 2 rings (SSSR count). The Bertz CT molecular complexity index is 671. The van der Waals surface area contributed by atoms with E-state index in [1.165, 1.54) is 18.4 Å². The van der Waals surface area contributed by atoms with Crippen molar-refractivity contribution in [1.82, 2.24) is 4.98 Å². The van der Waals surface area contributed by atoms with E-state index in [0.29, 0.717) is 16.3 Å². The summed E-state index contributed by atoms with van der Waals surface area (Å²) < 4.78 is 10.5. The molecular formula is C12H11ClN2O4S. The van der Waals surface area contributed by atoms with E-state index in [1.807, 2.05) is 0 Å². The highest BCUT2D eigenvalue weighted by atomic mass is 35.5. The van der Waals surface area contributed by atoms with Crippen molar-refractivity contribution in [3.8, 4) is 5.75 Å². The van der Waals surface area contributed by atoms with Crippen LogP contribution >= 0.6 is 22.9 Å². The van der Waals surface area contributed by atoms with Crippen LogP contribution in [-0.4, -0.2) is 30.6 Å². The molecule has 1 amide bonds. The highest BCUT2D eigenvalue weighted by Crippen LogP contribution is 2.37. The lowest BCUT2D eigenvalue weighted by molar-refractivity contribution is -0.152. The summed E-state index contributed by atoms with van der Waals surface area (Å²) in [5, 5.41) is 3.08. The van der Waals surface area contributed by atoms with Crippen LogP contribution in [0.15, 0.2) is 12.1 Å². The van der Waals surface area contributed by atoms with Crippen LogP contribution in [0.2, 0.25) is 5.02 Å². The molecule has 0 aliphatic heterocycles. The number of carbonyl (C=O) groups excluding carboxylic acids is 2. The van der Waals surface area contributed by atoms with Crippen LogP contribution in [0.3, 0.4) is 0 Å². The fourth-order valence-electron chi connectivity index (χ4n) is 1.54. The van der Waals surface area contributed by atoms with Crippen LogP contribution in [0.1, 0.15) is 6.92 Å². The summed E-state index contributed by atoms with van der Waals surface area (Å²) in [6, 6.07) is 3.44. The largest absolute Gasteiger partial charge is 0.493 e. The van der Waals surface area contributed by atoms with Gasteiger partial charge in [-0.05, 0) is 19.1 Å². The molecule has 0 bridgehead atoms. The molecule has 1 aromatic heterocycles. The molecule has 6 nitrogen and oxygen atoms in total. The zero-order chi connectivity index (χ0) is 14.7. The standard InChI is InChI=1S/C12H11ClN2O4S/c1-3-19-11(17)10(16)15-12-14-8-7(20-12)5-4-6(13)9(8)18-2/h4-5H,3H2,1-2H3,(H,14,15,16). The number of hydrogen-bond donors (Lipinski definition) is 1. The van der Waals surface area contributed by atoms with Crippen LogP contribution in [0.25, 0.3) is 10.2 Å². The molecule has 20 heavy (non-hydrogen) atoms. The lowest BCUT2D eigenvalue weighted by atomic mass is 10.3. The number of anilines is 1. The number of carbonyl (C=O) groups is 2. The normalized spacial score (nSPS) is 10.3. The fraction of sp³-hybridized carbons (Fsp3) is 0.250. The van der Waals surface area contributed by atoms with Gasteiger partial charge >= 0.3 is 11.9 Å². The summed E-state index contributed by atoms with van der Waals surface area (Å²) >= 11 is 7.20. The first kappa shape index (κ1) is 14.5. The molecule has 2 aromatic rings. The number of ether oxygens (including phenoxy) is 2. The lowest BCUT2D eigenvalue weighted by Gasteiger charge is -2.02. The van der Waals surface area contributed by atoms with E-state index < -0.39 is 11.9 Å². The minimum absolute atomic E-state index is 0.134. The molecular weight excluding hydrogens is 304 g/mol. The Labute approximate surface area is 123 Å². The van der Waals surface area contributed by atoms with Crippen molar-refractivity contribution < 1.29 is 19.1 Å². The number of fused-ring (bicyclic) bond motifs is 1. The average molecular weight is 315 g/mol. The monoisotopic (exact) mass is 314 g/mol. The predicted molar refractivity (Wildman–Crippen MR) is 76.4 cm³/mol. The minimum Gasteiger partial charge on any atom is -0.493 e. The number of benzene rings is 1. The maximum atomic E-state index is 11.5. The quantitative estimate of drug-likeness (QED) is 0.695. The number of amides is 1. The highest BCUT2D eigenvalue weighted by molar-refractivity contribution is 7.22. The molecule has 0 saturated heterocycles. The molecule has 0 spiro atoms. The SMILES string of the molecule is CCOC(=O)C(=O)Nc1nc2c(OC)c(Cl)ccc2s1. The molecule has 1 N–H and O–H groups in total. The van der Waals surface area contributed by atoms with Gasteiger partial charge in [-0.3, -0.25) is 10.1 Å². The molecule has 8 heteroatoms. The summed E-state index contributed by atoms with van der Waals surface area (Å²) in [7, 11) is 1.48. The van der Waals surface area contributed by atoms with Crippen molar-refractivity contribution in [2.24, 2.45) is 0 Å². The molecule has 0 aliphatic rings. The number of hydrogen-bond acceptors (Lipinski definition) is 6. The zero-order valence-corrected chi connectivity index (χ0v) is 12.3. The molecule has 1 aromatic carbocycles. The molecule has 0 saturated carbocycles. The number of rotatable bonds is 3. The molecule has 0 unspecified atom stereocenters. The van der Waals surface area contributed by atoms with Crippen molar-refractivity contribution in [1.29, 1.82) is 0 Å². The van der Waals surface area contributed by atoms with Gasteiger partial charge in [0, 0.05) is 0 Å². The predicted octanol–water partition coefficient (Wildman–Crippen LogP) is 2.46. The van der Waals surface area contributed by atoms with Gasteiger partial charge in [0.1, 0.15) is 5.52 Å². The minimum atomic E-state index is -0.947. The van der Waals surface area contributed by atoms with E-state index >= 15 is 0 Å². The summed E-state index contributed by atoms with van der Waals surface area (Å²) in [5.41, 5.74) is 0.532. The molecule has 1 heterocycles. The topological polar surface area (TPSA) is 77.5 Å². The molecule has 0 radical (unpaired) electrons. The number of halogens is 1. The van der Waals surface area contributed by atoms with Gasteiger partial charge < -0.3 is 9.47 Å². The first-order valence-corrected chi connectivity index (χ1v) is 6.87. The van der Waals surface area contributed by atoms with E-state index in [2.05, 4.69) is 15.0 Å². The third-order valence-electron chi connectivity index (χ3n) is 2.35. The number of thiazole rings is 1. The number of aromatic nitrogens is 1. The van der Waals surface area contributed by atoms with Gasteiger partial charge in [-0.25, -0.2) is 9.78 Å². The summed E-state index contributed by atoms with van der Waals surface area (Å²) in [5.74, 6) is -1.38. The van der Waals surface area contributed by atoms with Gasteiger partial charge in [-0.15, -0.1) is 0 Å². The van der Waals surface area contributed by atoms with Gasteiger partial charge in [0.25, 0.3) is 0 Å². The first-order chi connectivity index (χ1) is 9.56. The third kappa shape index (κ3) is 2.83. The highest BCUT2D eigenvalue weighted by Gasteiger charge is 2.18. The van der Waals surface area contributed by atoms with E-state index in [0.717, 1.165) is 4.70 Å². The maximum absolute atomic E-state index is 11.5. The fourth-order valence-corrected chi connectivity index (χ4v) is 2.63. The van der Waals surface area contributed by atoms with Gasteiger partial charge in [0.15, 0.2) is 10.9 Å². The maximum Gasteiger partial charge on any atom is 0.397 e. The smallest absolute Gasteiger partial charge is 0.397 e. The Kier molecular flexibility index (Phi) is 4.41. The molecule has 0 fully saturated rings. The molecule has 106 valence electrons. The van der Waals surface area contributed by atoms with Gasteiger partial charge in [0.2, 0.25) is 0 Å². The van der Waals surface area contributed by atoms with Crippen LogP contribution in [-0.2, 0) is 14.3 Å². The molecule has 0 aliphatic carbocycles. The van der Waals surface area contributed by atoms with Crippen molar-refractivity contribution >= 4 is 50.2 Å². The van der Waals surface area contributed by atoms with Crippen LogP contribution in [0.4, 0.5) is 5.13 Å². The molecule has 0 atom stereocenters. The van der Waals surface area contributed by atoms with Crippen LogP contribution < -0.4 is 10.1 Å². The Morgan fingerprint density at radius 3 is 2.85 bits per heavy atom. The van der Waals surface area contributed by atoms with Crippen LogP contribution in [0, 0.1) is 0 Å². The van der Waals surface area contributed by atoms with E-state index in [9.17, 15) is 9.59 Å². The Balaban J connectivity index is 2.29. The first-order valence-electron chi connectivity index (χ1n) is 5.68. The van der Waals surface area contributed by atoms with Crippen molar-refractivity contribution in [3.05, 3.63) is 17.2 Å². The summed E-state index contributed by atoms with van der Waals surface area (Å²) in [6.07, 6.45) is 0. The zero-order valence-electron chi connectivity index (χ0n) is 10.7. The second-order valence-electron chi connectivity index (χ2n) is 3.62. The number of nitrogens with zero attached hydrogens (tertiary/aromatic N) is 1. The summed E-state index contributed by atoms with van der Waals surface area (Å²) in [4.78, 5) is 27.0. The third-order valence-corrected chi connectivity index (χ3v) is 3.59. The van der Waals surface area contributed by atoms with E-state index in [-0.39, 0.29) is 11.7 Å². The Hall–Kier alpha value is -1.86. The van der Waals surface area contributed by atoms with Crippen molar-refractivity contribution in [3.63, 3.8) is 0 Å². The van der Waals surface area contributed by atoms with Gasteiger partial charge in [0.05, 0.1) is 23.4 Å². The second-order valence-corrected chi connectivity index (χ2v) is 5.06. The van der Waals surface area contributed by atoms with Gasteiger partial charge in [-0.2, -0.15) is 0 Å². The second kappa shape index (κ2) is 6.06. The van der Waals surface area contributed by atoms with E-state index in [4.69, 9.17) is 16.3 Å². The van der Waals surface area contributed by atoms with Crippen molar-refractivity contribution in [2.45, 2.75) is 6.92 Å².